The van der Waals surface area contributed by atoms with Crippen molar-refractivity contribution in [1.82, 2.24) is 20.1 Å². The first-order valence-electron chi connectivity index (χ1n) is 10.4. The van der Waals surface area contributed by atoms with Crippen LogP contribution in [0.2, 0.25) is 0 Å². The predicted octanol–water partition coefficient (Wildman–Crippen LogP) is 2.35. The van der Waals surface area contributed by atoms with Gasteiger partial charge in [0.15, 0.2) is 0 Å². The van der Waals surface area contributed by atoms with Crippen LogP contribution < -0.4 is 10.1 Å². The Morgan fingerprint density at radius 1 is 1.17 bits per heavy atom. The number of carbonyl (C=O) groups excluding carboxylic acids is 2. The summed E-state index contributed by atoms with van der Waals surface area (Å²) in [6.07, 6.45) is 3.94. The van der Waals surface area contributed by atoms with Crippen LogP contribution in [0, 0.1) is 0 Å². The fourth-order valence-electron chi connectivity index (χ4n) is 3.55. The highest BCUT2D eigenvalue weighted by Gasteiger charge is 2.20. The van der Waals surface area contributed by atoms with Crippen molar-refractivity contribution in [3.05, 3.63) is 59.4 Å². The molecule has 0 spiro atoms. The molecule has 1 aliphatic rings. The monoisotopic (exact) mass is 410 g/mol. The number of ether oxygens (including phenoxy) is 1. The molecular weight excluding hydrogens is 380 g/mol. The van der Waals surface area contributed by atoms with Gasteiger partial charge in [-0.25, -0.2) is 0 Å². The number of aromatic nitrogens is 1. The first kappa shape index (κ1) is 21.8. The third kappa shape index (κ3) is 6.29. The molecule has 2 aromatic rings. The summed E-state index contributed by atoms with van der Waals surface area (Å²) in [5.74, 6) is 0.746. The molecule has 0 saturated heterocycles. The summed E-state index contributed by atoms with van der Waals surface area (Å²) >= 11 is 0. The molecule has 0 atom stereocenters. The van der Waals surface area contributed by atoms with Gasteiger partial charge in [0, 0.05) is 57.5 Å². The van der Waals surface area contributed by atoms with E-state index in [9.17, 15) is 9.59 Å². The SMILES string of the molecule is CCN(Cc1ccncc1)Cc1ccc2c(c1)CN(C(=O)CCNC(C)=O)CCO2. The number of benzene rings is 1. The molecule has 1 aliphatic heterocycles. The number of nitrogens with one attached hydrogen (secondary N) is 1. The number of hydrogen-bond donors (Lipinski definition) is 1. The molecule has 0 aliphatic carbocycles. The van der Waals surface area contributed by atoms with Crippen molar-refractivity contribution in [2.75, 3.05) is 26.2 Å². The molecule has 2 heterocycles. The minimum Gasteiger partial charge on any atom is -0.491 e. The molecule has 0 radical (unpaired) electrons. The van der Waals surface area contributed by atoms with Gasteiger partial charge in [0.05, 0.1) is 6.54 Å². The van der Waals surface area contributed by atoms with E-state index >= 15 is 0 Å². The van der Waals surface area contributed by atoms with Gasteiger partial charge in [-0.05, 0) is 41.9 Å². The summed E-state index contributed by atoms with van der Waals surface area (Å²) in [5, 5.41) is 2.68. The Labute approximate surface area is 178 Å². The van der Waals surface area contributed by atoms with E-state index in [4.69, 9.17) is 4.74 Å². The summed E-state index contributed by atoms with van der Waals surface area (Å²) in [6.45, 7) is 8.14. The van der Waals surface area contributed by atoms with E-state index in [1.54, 1.807) is 0 Å². The Hall–Kier alpha value is -2.93. The van der Waals surface area contributed by atoms with Gasteiger partial charge in [-0.1, -0.05) is 13.0 Å². The smallest absolute Gasteiger partial charge is 0.224 e. The number of fused-ring (bicyclic) bond motifs is 1. The highest BCUT2D eigenvalue weighted by molar-refractivity contribution is 5.78. The van der Waals surface area contributed by atoms with E-state index in [0.29, 0.717) is 32.7 Å². The molecule has 7 nitrogen and oxygen atoms in total. The summed E-state index contributed by atoms with van der Waals surface area (Å²) in [4.78, 5) is 31.8. The fourth-order valence-corrected chi connectivity index (χ4v) is 3.55. The molecule has 7 heteroatoms. The molecule has 0 unspecified atom stereocenters. The zero-order valence-corrected chi connectivity index (χ0v) is 17.8. The van der Waals surface area contributed by atoms with Gasteiger partial charge in [0.25, 0.3) is 0 Å². The van der Waals surface area contributed by atoms with Crippen LogP contribution in [0.5, 0.6) is 5.75 Å². The molecule has 30 heavy (non-hydrogen) atoms. The highest BCUT2D eigenvalue weighted by Crippen LogP contribution is 2.25. The van der Waals surface area contributed by atoms with Gasteiger partial charge in [-0.2, -0.15) is 0 Å². The normalized spacial score (nSPS) is 13.4. The lowest BCUT2D eigenvalue weighted by molar-refractivity contribution is -0.131. The lowest BCUT2D eigenvalue weighted by Gasteiger charge is -2.22. The van der Waals surface area contributed by atoms with Crippen LogP contribution in [0.15, 0.2) is 42.7 Å². The minimum absolute atomic E-state index is 0.0264. The average molecular weight is 411 g/mol. The van der Waals surface area contributed by atoms with Crippen molar-refractivity contribution in [3.63, 3.8) is 0 Å². The maximum absolute atomic E-state index is 12.6. The number of nitrogens with zero attached hydrogens (tertiary/aromatic N) is 3. The van der Waals surface area contributed by atoms with Crippen molar-refractivity contribution in [2.45, 2.75) is 39.9 Å². The molecule has 0 bridgehead atoms. The lowest BCUT2D eigenvalue weighted by atomic mass is 10.1. The number of hydrogen-bond acceptors (Lipinski definition) is 5. The summed E-state index contributed by atoms with van der Waals surface area (Å²) < 4.78 is 5.87. The zero-order chi connectivity index (χ0) is 21.3. The standard InChI is InChI=1S/C23H30N4O3/c1-3-26(15-19-6-9-24-10-7-19)16-20-4-5-22-21(14-20)17-27(12-13-30-22)23(29)8-11-25-18(2)28/h4-7,9-10,14H,3,8,11-13,15-17H2,1-2H3,(H,25,28). The lowest BCUT2D eigenvalue weighted by Crippen LogP contribution is -2.35. The highest BCUT2D eigenvalue weighted by atomic mass is 16.5. The third-order valence-corrected chi connectivity index (χ3v) is 5.18. The first-order chi connectivity index (χ1) is 14.5. The van der Waals surface area contributed by atoms with Gasteiger partial charge in [-0.3, -0.25) is 19.5 Å². The van der Waals surface area contributed by atoms with E-state index in [-0.39, 0.29) is 11.8 Å². The molecule has 0 fully saturated rings. The second-order valence-electron chi connectivity index (χ2n) is 7.50. The van der Waals surface area contributed by atoms with Gasteiger partial charge in [0.2, 0.25) is 11.8 Å². The molecule has 1 aromatic carbocycles. The van der Waals surface area contributed by atoms with Crippen molar-refractivity contribution < 1.29 is 14.3 Å². The van der Waals surface area contributed by atoms with E-state index in [2.05, 4.69) is 34.3 Å². The van der Waals surface area contributed by atoms with Crippen LogP contribution in [0.3, 0.4) is 0 Å². The Morgan fingerprint density at radius 2 is 1.93 bits per heavy atom. The van der Waals surface area contributed by atoms with Crippen molar-refractivity contribution in [1.29, 1.82) is 0 Å². The molecule has 0 saturated carbocycles. The Kier molecular flexibility index (Phi) is 7.79. The van der Waals surface area contributed by atoms with E-state index < -0.39 is 0 Å². The van der Waals surface area contributed by atoms with E-state index in [0.717, 1.165) is 30.9 Å². The fraction of sp³-hybridized carbons (Fsp3) is 0.435. The van der Waals surface area contributed by atoms with E-state index in [1.165, 1.54) is 18.1 Å². The van der Waals surface area contributed by atoms with Crippen LogP contribution in [0.1, 0.15) is 37.0 Å². The predicted molar refractivity (Wildman–Crippen MR) is 115 cm³/mol. The largest absolute Gasteiger partial charge is 0.491 e. The maximum atomic E-state index is 12.6. The van der Waals surface area contributed by atoms with Gasteiger partial charge >= 0.3 is 0 Å². The Bertz CT molecular complexity index is 857. The number of amides is 2. The Balaban J connectivity index is 1.65. The number of rotatable bonds is 8. The summed E-state index contributed by atoms with van der Waals surface area (Å²) in [6, 6.07) is 10.3. The van der Waals surface area contributed by atoms with Crippen LogP contribution >= 0.6 is 0 Å². The molecule has 1 aromatic heterocycles. The molecule has 160 valence electrons. The molecular formula is C23H30N4O3. The van der Waals surface area contributed by atoms with Gasteiger partial charge in [-0.15, -0.1) is 0 Å². The third-order valence-electron chi connectivity index (χ3n) is 5.18. The maximum Gasteiger partial charge on any atom is 0.224 e. The quantitative estimate of drug-likeness (QED) is 0.723. The van der Waals surface area contributed by atoms with Gasteiger partial charge < -0.3 is 15.0 Å². The zero-order valence-electron chi connectivity index (χ0n) is 17.8. The van der Waals surface area contributed by atoms with Crippen molar-refractivity contribution in [2.24, 2.45) is 0 Å². The van der Waals surface area contributed by atoms with Crippen molar-refractivity contribution >= 4 is 11.8 Å². The van der Waals surface area contributed by atoms with Crippen molar-refractivity contribution in [3.8, 4) is 5.75 Å². The minimum atomic E-state index is -0.121. The second kappa shape index (κ2) is 10.7. The first-order valence-corrected chi connectivity index (χ1v) is 10.4. The van der Waals surface area contributed by atoms with Crippen LogP contribution in [0.25, 0.3) is 0 Å². The molecule has 3 rings (SSSR count). The van der Waals surface area contributed by atoms with Crippen LogP contribution in [0.4, 0.5) is 0 Å². The molecule has 1 N–H and O–H groups in total. The van der Waals surface area contributed by atoms with Crippen LogP contribution in [-0.4, -0.2) is 52.8 Å². The molecule has 2 amide bonds. The number of carbonyl (C=O) groups is 2. The van der Waals surface area contributed by atoms with Crippen LogP contribution in [-0.2, 0) is 29.2 Å². The summed E-state index contributed by atoms with van der Waals surface area (Å²) in [5.41, 5.74) is 3.46. The summed E-state index contributed by atoms with van der Waals surface area (Å²) in [7, 11) is 0. The Morgan fingerprint density at radius 3 is 2.67 bits per heavy atom. The number of pyridine rings is 1. The topological polar surface area (TPSA) is 74.8 Å². The van der Waals surface area contributed by atoms with E-state index in [1.807, 2.05) is 35.5 Å². The average Bonchev–Trinajstić information content (AvgIpc) is 2.96. The second-order valence-corrected chi connectivity index (χ2v) is 7.50. The van der Waals surface area contributed by atoms with Gasteiger partial charge in [0.1, 0.15) is 12.4 Å².